The quantitative estimate of drug-likeness (QED) is 0.560. The van der Waals surface area contributed by atoms with E-state index in [9.17, 15) is 4.79 Å². The van der Waals surface area contributed by atoms with E-state index in [1.165, 1.54) is 22.3 Å². The summed E-state index contributed by atoms with van der Waals surface area (Å²) < 4.78 is 0. The predicted octanol–water partition coefficient (Wildman–Crippen LogP) is 4.09. The molecule has 0 saturated heterocycles. The van der Waals surface area contributed by atoms with Gasteiger partial charge in [-0.05, 0) is 53.7 Å². The maximum absolute atomic E-state index is 10.2. The largest absolute Gasteiger partial charge is 0.240 e. The molecule has 0 heterocycles. The van der Waals surface area contributed by atoms with Gasteiger partial charge in [0.1, 0.15) is 0 Å². The van der Waals surface area contributed by atoms with Crippen LogP contribution >= 0.6 is 0 Å². The molecular formula is C16H13NO. The molecule has 0 bridgehead atoms. The summed E-state index contributed by atoms with van der Waals surface area (Å²) in [5.74, 6) is 0. The molecular weight excluding hydrogens is 222 g/mol. The van der Waals surface area contributed by atoms with Crippen molar-refractivity contribution >= 4 is 17.3 Å². The van der Waals surface area contributed by atoms with Gasteiger partial charge >= 0.3 is 0 Å². The molecule has 0 unspecified atom stereocenters. The van der Waals surface area contributed by atoms with E-state index in [-0.39, 0.29) is 0 Å². The van der Waals surface area contributed by atoms with Crippen LogP contribution in [0.25, 0.3) is 5.57 Å². The van der Waals surface area contributed by atoms with Crippen LogP contribution in [-0.4, -0.2) is 6.08 Å². The van der Waals surface area contributed by atoms with E-state index in [2.05, 4.69) is 23.2 Å². The fourth-order valence-corrected chi connectivity index (χ4v) is 2.61. The zero-order valence-corrected chi connectivity index (χ0v) is 10.0. The molecule has 3 rings (SSSR count). The lowest BCUT2D eigenvalue weighted by atomic mass is 9.92. The van der Waals surface area contributed by atoms with E-state index in [0.29, 0.717) is 5.69 Å². The first-order valence-electron chi connectivity index (χ1n) is 6.16. The Morgan fingerprint density at radius 3 is 2.78 bits per heavy atom. The number of hydrogen-bond acceptors (Lipinski definition) is 2. The third-order valence-corrected chi connectivity index (χ3v) is 3.47. The summed E-state index contributed by atoms with van der Waals surface area (Å²) in [5, 5.41) is 0. The highest BCUT2D eigenvalue weighted by atomic mass is 16.1. The Labute approximate surface area is 106 Å². The fraction of sp³-hybridized carbons (Fsp3) is 0.188. The molecule has 2 nitrogen and oxygen atoms in total. The molecule has 88 valence electrons. The second kappa shape index (κ2) is 4.59. The van der Waals surface area contributed by atoms with Crippen LogP contribution in [-0.2, 0) is 4.79 Å². The molecule has 0 radical (unpaired) electrons. The number of allylic oxidation sites excluding steroid dienone is 6. The van der Waals surface area contributed by atoms with Crippen molar-refractivity contribution in [1.82, 2.24) is 0 Å². The molecule has 0 aromatic heterocycles. The number of nitrogens with zero attached hydrogens (tertiary/aromatic N) is 1. The van der Waals surface area contributed by atoms with Crippen molar-refractivity contribution in [3.8, 4) is 0 Å². The number of carbonyl (C=O) groups excluding carboxylic acids is 1. The third-order valence-electron chi connectivity index (χ3n) is 3.47. The predicted molar refractivity (Wildman–Crippen MR) is 72.2 cm³/mol. The van der Waals surface area contributed by atoms with Crippen molar-refractivity contribution < 1.29 is 4.79 Å². The molecule has 0 spiro atoms. The van der Waals surface area contributed by atoms with Crippen molar-refractivity contribution in [3.63, 3.8) is 0 Å². The molecule has 18 heavy (non-hydrogen) atoms. The maximum atomic E-state index is 10.2. The van der Waals surface area contributed by atoms with Gasteiger partial charge in [0.2, 0.25) is 6.08 Å². The van der Waals surface area contributed by atoms with Crippen LogP contribution in [0.1, 0.15) is 24.8 Å². The number of aliphatic imine (C=N–C) groups is 1. The first kappa shape index (κ1) is 10.9. The van der Waals surface area contributed by atoms with Crippen molar-refractivity contribution in [1.29, 1.82) is 0 Å². The number of rotatable bonds is 2. The highest BCUT2D eigenvalue weighted by Crippen LogP contribution is 2.39. The van der Waals surface area contributed by atoms with E-state index in [1.54, 1.807) is 6.08 Å². The van der Waals surface area contributed by atoms with Crippen LogP contribution in [0.5, 0.6) is 0 Å². The number of hydrogen-bond donors (Lipinski definition) is 0. The maximum Gasteiger partial charge on any atom is 0.240 e. The second-order valence-corrected chi connectivity index (χ2v) is 4.52. The minimum absolute atomic E-state index is 0.657. The fourth-order valence-electron chi connectivity index (χ4n) is 2.61. The molecule has 2 aliphatic carbocycles. The van der Waals surface area contributed by atoms with Crippen molar-refractivity contribution in [2.75, 3.05) is 0 Å². The van der Waals surface area contributed by atoms with Gasteiger partial charge in [-0.1, -0.05) is 30.4 Å². The van der Waals surface area contributed by atoms with Gasteiger partial charge in [0, 0.05) is 0 Å². The molecule has 0 amide bonds. The monoisotopic (exact) mass is 235 g/mol. The van der Waals surface area contributed by atoms with E-state index >= 15 is 0 Å². The molecule has 2 heteroatoms. The minimum Gasteiger partial charge on any atom is -0.211 e. The summed E-state index contributed by atoms with van der Waals surface area (Å²) in [6.07, 6.45) is 11.6. The number of isocyanates is 1. The summed E-state index contributed by atoms with van der Waals surface area (Å²) in [7, 11) is 0. The summed E-state index contributed by atoms with van der Waals surface area (Å²) in [6, 6.07) is 7.77. The zero-order chi connectivity index (χ0) is 12.4. The van der Waals surface area contributed by atoms with Gasteiger partial charge in [-0.2, -0.15) is 4.99 Å². The average molecular weight is 235 g/mol. The molecule has 0 saturated carbocycles. The Bertz CT molecular complexity index is 611. The summed E-state index contributed by atoms with van der Waals surface area (Å²) in [5.41, 5.74) is 6.14. The normalized spacial score (nSPS) is 17.2. The van der Waals surface area contributed by atoms with Gasteiger partial charge in [-0.3, -0.25) is 0 Å². The van der Waals surface area contributed by atoms with Gasteiger partial charge in [0.25, 0.3) is 0 Å². The molecule has 0 atom stereocenters. The van der Waals surface area contributed by atoms with Crippen LogP contribution < -0.4 is 0 Å². The summed E-state index contributed by atoms with van der Waals surface area (Å²) >= 11 is 0. The Morgan fingerprint density at radius 1 is 1.17 bits per heavy atom. The summed E-state index contributed by atoms with van der Waals surface area (Å²) in [6.45, 7) is 0. The molecule has 0 N–H and O–H groups in total. The molecule has 1 aromatic rings. The van der Waals surface area contributed by atoms with Crippen LogP contribution in [0.4, 0.5) is 5.69 Å². The van der Waals surface area contributed by atoms with Gasteiger partial charge in [0.15, 0.2) is 0 Å². The van der Waals surface area contributed by atoms with Gasteiger partial charge < -0.3 is 0 Å². The SMILES string of the molecule is O=C=Nc1ccc(C2=CCC3=C2CCC=C3)cc1. The van der Waals surface area contributed by atoms with Crippen LogP contribution in [0.2, 0.25) is 0 Å². The van der Waals surface area contributed by atoms with Crippen LogP contribution in [0, 0.1) is 0 Å². The van der Waals surface area contributed by atoms with Gasteiger partial charge in [-0.25, -0.2) is 4.79 Å². The first-order chi connectivity index (χ1) is 8.88. The molecule has 1 aromatic carbocycles. The standard InChI is InChI=1S/C16H13NO/c18-11-17-14-8-5-13(6-9-14)16-10-7-12-3-1-2-4-15(12)16/h1,3,5-6,8-10H,2,4,7H2. The van der Waals surface area contributed by atoms with E-state index in [1.807, 2.05) is 24.3 Å². The minimum atomic E-state index is 0.657. The third kappa shape index (κ3) is 1.87. The second-order valence-electron chi connectivity index (χ2n) is 4.52. The average Bonchev–Trinajstić information content (AvgIpc) is 2.84. The molecule has 0 fully saturated rings. The highest BCUT2D eigenvalue weighted by molar-refractivity contribution is 5.84. The van der Waals surface area contributed by atoms with Gasteiger partial charge in [-0.15, -0.1) is 0 Å². The number of benzene rings is 1. The first-order valence-corrected chi connectivity index (χ1v) is 6.16. The molecule has 2 aliphatic rings. The highest BCUT2D eigenvalue weighted by Gasteiger charge is 2.18. The van der Waals surface area contributed by atoms with Crippen molar-refractivity contribution in [2.45, 2.75) is 19.3 Å². The van der Waals surface area contributed by atoms with Crippen molar-refractivity contribution in [2.24, 2.45) is 4.99 Å². The molecule has 0 aliphatic heterocycles. The Balaban J connectivity index is 1.94. The lowest BCUT2D eigenvalue weighted by Gasteiger charge is -2.13. The smallest absolute Gasteiger partial charge is 0.211 e. The summed E-state index contributed by atoms with van der Waals surface area (Å²) in [4.78, 5) is 13.8. The van der Waals surface area contributed by atoms with E-state index in [0.717, 1.165) is 19.3 Å². The lowest BCUT2D eigenvalue weighted by molar-refractivity contribution is 0.565. The Morgan fingerprint density at radius 2 is 2.00 bits per heavy atom. The van der Waals surface area contributed by atoms with E-state index in [4.69, 9.17) is 0 Å². The topological polar surface area (TPSA) is 29.4 Å². The van der Waals surface area contributed by atoms with Crippen LogP contribution in [0.3, 0.4) is 0 Å². The van der Waals surface area contributed by atoms with Crippen LogP contribution in [0.15, 0.2) is 58.6 Å². The zero-order valence-electron chi connectivity index (χ0n) is 10.0. The van der Waals surface area contributed by atoms with Gasteiger partial charge in [0.05, 0.1) is 5.69 Å². The lowest BCUT2D eigenvalue weighted by Crippen LogP contribution is -1.92. The van der Waals surface area contributed by atoms with Crippen molar-refractivity contribution in [3.05, 3.63) is 59.2 Å². The Kier molecular flexibility index (Phi) is 2.79. The van der Waals surface area contributed by atoms with E-state index < -0.39 is 0 Å². The Hall–Kier alpha value is -2.18.